The number of nitrogens with one attached hydrogen (secondary N) is 1. The highest BCUT2D eigenvalue weighted by atomic mass is 35.5. The fraction of sp³-hybridized carbons (Fsp3) is 0.278. The van der Waals surface area contributed by atoms with Crippen LogP contribution in [0.2, 0.25) is 5.02 Å². The second-order valence-electron chi connectivity index (χ2n) is 6.11. The van der Waals surface area contributed by atoms with Crippen molar-refractivity contribution in [2.24, 2.45) is 0 Å². The summed E-state index contributed by atoms with van der Waals surface area (Å²) in [6, 6.07) is 15.7. The molecule has 0 saturated carbocycles. The molecule has 1 atom stereocenters. The van der Waals surface area contributed by atoms with Gasteiger partial charge in [-0.2, -0.15) is 0 Å². The molecule has 0 aliphatic carbocycles. The van der Waals surface area contributed by atoms with E-state index >= 15 is 0 Å². The summed E-state index contributed by atoms with van der Waals surface area (Å²) in [6.45, 7) is 0.362. The largest absolute Gasteiger partial charge is 0.322 e. The number of halogens is 1. The molecule has 1 heterocycles. The lowest BCUT2D eigenvalue weighted by molar-refractivity contribution is 0.190. The lowest BCUT2D eigenvalue weighted by atomic mass is 10.1. The van der Waals surface area contributed by atoms with E-state index in [0.717, 1.165) is 5.56 Å². The van der Waals surface area contributed by atoms with Gasteiger partial charge < -0.3 is 10.2 Å². The normalized spacial score (nSPS) is 18.7. The minimum absolute atomic E-state index is 0.00781. The zero-order valence-corrected chi connectivity index (χ0v) is 15.1. The van der Waals surface area contributed by atoms with Crippen molar-refractivity contribution in [3.63, 3.8) is 0 Å². The van der Waals surface area contributed by atoms with Gasteiger partial charge in [-0.15, -0.1) is 0 Å². The standard InChI is InChI=1S/C18H19ClN2O3S/c19-15-6-8-16(9-7-15)20-18(22)21(12-14-4-2-1-3-5-14)17-10-11-25(23,24)13-17/h1-9,17H,10-13H2,(H,20,22). The number of anilines is 1. The molecule has 0 spiro atoms. The second-order valence-corrected chi connectivity index (χ2v) is 8.77. The molecule has 1 unspecified atom stereocenters. The topological polar surface area (TPSA) is 66.5 Å². The van der Waals surface area contributed by atoms with E-state index in [1.807, 2.05) is 30.3 Å². The Morgan fingerprint density at radius 2 is 1.80 bits per heavy atom. The lowest BCUT2D eigenvalue weighted by Crippen LogP contribution is -2.43. The van der Waals surface area contributed by atoms with Gasteiger partial charge >= 0.3 is 6.03 Å². The average molecular weight is 379 g/mol. The first-order valence-electron chi connectivity index (χ1n) is 8.00. The molecule has 3 rings (SSSR count). The average Bonchev–Trinajstić information content (AvgIpc) is 2.95. The maximum absolute atomic E-state index is 12.8. The zero-order chi connectivity index (χ0) is 17.9. The number of carbonyl (C=O) groups excluding carboxylic acids is 1. The molecule has 0 aromatic heterocycles. The Labute approximate surface area is 152 Å². The summed E-state index contributed by atoms with van der Waals surface area (Å²) in [5.74, 6) is 0.130. The van der Waals surface area contributed by atoms with E-state index in [4.69, 9.17) is 11.6 Å². The molecule has 0 bridgehead atoms. The summed E-state index contributed by atoms with van der Waals surface area (Å²) in [5, 5.41) is 3.41. The molecule has 1 aliphatic rings. The highest BCUT2D eigenvalue weighted by Crippen LogP contribution is 2.22. The van der Waals surface area contributed by atoms with Gasteiger partial charge in [0.15, 0.2) is 9.84 Å². The van der Waals surface area contributed by atoms with Gasteiger partial charge in [0.1, 0.15) is 0 Å². The number of nitrogens with zero attached hydrogens (tertiary/aromatic N) is 1. The Hall–Kier alpha value is -2.05. The van der Waals surface area contributed by atoms with Gasteiger partial charge in [0.2, 0.25) is 0 Å². The highest BCUT2D eigenvalue weighted by Gasteiger charge is 2.34. The summed E-state index contributed by atoms with van der Waals surface area (Å²) < 4.78 is 23.7. The first-order valence-corrected chi connectivity index (χ1v) is 10.2. The fourth-order valence-electron chi connectivity index (χ4n) is 2.90. The van der Waals surface area contributed by atoms with Gasteiger partial charge in [-0.3, -0.25) is 0 Å². The quantitative estimate of drug-likeness (QED) is 0.884. The third-order valence-corrected chi connectivity index (χ3v) is 6.20. The number of carbonyl (C=O) groups is 1. The van der Waals surface area contributed by atoms with Crippen LogP contribution < -0.4 is 5.32 Å². The molecule has 25 heavy (non-hydrogen) atoms. The summed E-state index contributed by atoms with van der Waals surface area (Å²) in [7, 11) is -3.08. The molecule has 132 valence electrons. The summed E-state index contributed by atoms with van der Waals surface area (Å²) in [6.07, 6.45) is 0.462. The van der Waals surface area contributed by atoms with Crippen LogP contribution in [-0.2, 0) is 16.4 Å². The Kier molecular flexibility index (Phi) is 5.30. The minimum Gasteiger partial charge on any atom is -0.316 e. The predicted molar refractivity (Wildman–Crippen MR) is 99.5 cm³/mol. The van der Waals surface area contributed by atoms with E-state index in [1.165, 1.54) is 0 Å². The maximum Gasteiger partial charge on any atom is 0.322 e. The van der Waals surface area contributed by atoms with E-state index in [0.29, 0.717) is 23.7 Å². The van der Waals surface area contributed by atoms with Gasteiger partial charge in [0.25, 0.3) is 0 Å². The Bertz CT molecular complexity index is 838. The van der Waals surface area contributed by atoms with Crippen molar-refractivity contribution in [3.8, 4) is 0 Å². The van der Waals surface area contributed by atoms with Crippen LogP contribution in [0.25, 0.3) is 0 Å². The Balaban J connectivity index is 1.79. The van der Waals surface area contributed by atoms with Crippen molar-refractivity contribution in [1.82, 2.24) is 4.90 Å². The van der Waals surface area contributed by atoms with Crippen LogP contribution in [0.15, 0.2) is 54.6 Å². The van der Waals surface area contributed by atoms with Crippen LogP contribution in [0.4, 0.5) is 10.5 Å². The number of hydrogen-bond acceptors (Lipinski definition) is 3. The molecule has 1 saturated heterocycles. The van der Waals surface area contributed by atoms with Gasteiger partial charge in [-0.05, 0) is 36.2 Å². The number of rotatable bonds is 4. The molecule has 2 aromatic carbocycles. The van der Waals surface area contributed by atoms with Crippen LogP contribution in [0, 0.1) is 0 Å². The summed E-state index contributed by atoms with van der Waals surface area (Å²) in [5.41, 5.74) is 1.58. The number of hydrogen-bond donors (Lipinski definition) is 1. The van der Waals surface area contributed by atoms with Crippen molar-refractivity contribution in [2.45, 2.75) is 19.0 Å². The van der Waals surface area contributed by atoms with Crippen LogP contribution in [0.5, 0.6) is 0 Å². The molecule has 2 aromatic rings. The predicted octanol–water partition coefficient (Wildman–Crippen LogP) is 3.56. The number of urea groups is 1. The van der Waals surface area contributed by atoms with Crippen LogP contribution in [0.1, 0.15) is 12.0 Å². The molecular formula is C18H19ClN2O3S. The van der Waals surface area contributed by atoms with E-state index in [2.05, 4.69) is 5.32 Å². The summed E-state index contributed by atoms with van der Waals surface area (Å²) in [4.78, 5) is 14.4. The van der Waals surface area contributed by atoms with Gasteiger partial charge in [-0.1, -0.05) is 41.9 Å². The van der Waals surface area contributed by atoms with Crippen molar-refractivity contribution < 1.29 is 13.2 Å². The number of amides is 2. The van der Waals surface area contributed by atoms with Crippen LogP contribution in [0.3, 0.4) is 0 Å². The number of benzene rings is 2. The fourth-order valence-corrected chi connectivity index (χ4v) is 4.75. The van der Waals surface area contributed by atoms with Crippen molar-refractivity contribution in [2.75, 3.05) is 16.8 Å². The molecule has 2 amide bonds. The molecular weight excluding hydrogens is 360 g/mol. The van der Waals surface area contributed by atoms with Gasteiger partial charge in [0.05, 0.1) is 11.5 Å². The van der Waals surface area contributed by atoms with Crippen molar-refractivity contribution in [1.29, 1.82) is 0 Å². The minimum atomic E-state index is -3.08. The smallest absolute Gasteiger partial charge is 0.316 e. The second kappa shape index (κ2) is 7.45. The third-order valence-electron chi connectivity index (χ3n) is 4.20. The van der Waals surface area contributed by atoms with Gasteiger partial charge in [-0.25, -0.2) is 13.2 Å². The molecule has 1 N–H and O–H groups in total. The van der Waals surface area contributed by atoms with Gasteiger partial charge in [0, 0.05) is 23.3 Å². The molecule has 1 aliphatic heterocycles. The van der Waals surface area contributed by atoms with Crippen molar-refractivity contribution >= 4 is 33.2 Å². The van der Waals surface area contributed by atoms with E-state index in [1.54, 1.807) is 29.2 Å². The SMILES string of the molecule is O=C(Nc1ccc(Cl)cc1)N(Cc1ccccc1)C1CCS(=O)(=O)C1. The van der Waals surface area contributed by atoms with E-state index in [-0.39, 0.29) is 23.6 Å². The molecule has 5 nitrogen and oxygen atoms in total. The molecule has 0 radical (unpaired) electrons. The summed E-state index contributed by atoms with van der Waals surface area (Å²) >= 11 is 5.86. The van der Waals surface area contributed by atoms with Crippen LogP contribution >= 0.6 is 11.6 Å². The Morgan fingerprint density at radius 3 is 2.40 bits per heavy atom. The lowest BCUT2D eigenvalue weighted by Gasteiger charge is -2.28. The Morgan fingerprint density at radius 1 is 1.12 bits per heavy atom. The maximum atomic E-state index is 12.8. The molecule has 1 fully saturated rings. The first-order chi connectivity index (χ1) is 11.9. The highest BCUT2D eigenvalue weighted by molar-refractivity contribution is 7.91. The first kappa shape index (κ1) is 17.8. The third kappa shape index (κ3) is 4.74. The van der Waals surface area contributed by atoms with Crippen LogP contribution in [-0.4, -0.2) is 36.9 Å². The van der Waals surface area contributed by atoms with E-state index < -0.39 is 9.84 Å². The number of sulfone groups is 1. The zero-order valence-electron chi connectivity index (χ0n) is 13.6. The van der Waals surface area contributed by atoms with E-state index in [9.17, 15) is 13.2 Å². The molecule has 7 heteroatoms. The van der Waals surface area contributed by atoms with Crippen molar-refractivity contribution in [3.05, 3.63) is 65.2 Å². The monoisotopic (exact) mass is 378 g/mol.